The predicted octanol–water partition coefficient (Wildman–Crippen LogP) is 15.7. The van der Waals surface area contributed by atoms with Crippen molar-refractivity contribution in [2.75, 3.05) is 109 Å². The number of nitrogens with zero attached hydrogens (tertiary/aromatic N) is 9. The molecule has 0 amide bonds. The van der Waals surface area contributed by atoms with E-state index in [1.54, 1.807) is 18.2 Å². The summed E-state index contributed by atoms with van der Waals surface area (Å²) < 4.78 is 111. The summed E-state index contributed by atoms with van der Waals surface area (Å²) in [7, 11) is -9.45. The Morgan fingerprint density at radius 2 is 0.490 bits per heavy atom. The maximum absolute atomic E-state index is 11.6. The second-order valence-corrected chi connectivity index (χ2v) is 41.2. The van der Waals surface area contributed by atoms with Crippen molar-refractivity contribution in [2.45, 2.75) is 151 Å². The van der Waals surface area contributed by atoms with Crippen LogP contribution in [0.5, 0.6) is 0 Å². The topological polar surface area (TPSA) is 200 Å². The number of aryl methyl sites for hydroxylation is 4. The molecule has 0 radical (unpaired) electrons. The summed E-state index contributed by atoms with van der Waals surface area (Å²) in [5, 5.41) is 0. The summed E-state index contributed by atoms with van der Waals surface area (Å²) in [6.45, 7) is 42.8. The Labute approximate surface area is 953 Å². The Bertz CT molecular complexity index is 7350. The van der Waals surface area contributed by atoms with Gasteiger partial charge in [0.2, 0.25) is 0 Å². The summed E-state index contributed by atoms with van der Waals surface area (Å²) >= 11 is 0. The van der Waals surface area contributed by atoms with Crippen LogP contribution in [-0.4, -0.2) is 149 Å². The van der Waals surface area contributed by atoms with Gasteiger partial charge in [-0.15, -0.1) is 0 Å². The van der Waals surface area contributed by atoms with Crippen LogP contribution in [0.15, 0.2) is 389 Å². The van der Waals surface area contributed by atoms with Gasteiger partial charge < -0.3 is 43.1 Å². The summed E-state index contributed by atoms with van der Waals surface area (Å²) in [4.78, 5) is 13.0. The van der Waals surface area contributed by atoms with Crippen LogP contribution in [0.3, 0.4) is 0 Å². The number of rotatable bonds is 37. The van der Waals surface area contributed by atoms with Gasteiger partial charge in [-0.2, -0.15) is 0 Å². The largest absolute Gasteiger partial charge is 1.00 e. The van der Waals surface area contributed by atoms with Crippen LogP contribution in [0.4, 0.5) is 34.1 Å². The fraction of sp³-hybridized carbons (Fsp3) is 0.256. The molecule has 0 atom stereocenters. The summed E-state index contributed by atoms with van der Waals surface area (Å²) in [6.07, 6.45) is 26.5. The average Bonchev–Trinajstić information content (AvgIpc) is 0.786. The summed E-state index contributed by atoms with van der Waals surface area (Å²) in [6, 6.07) is 95.1. The van der Waals surface area contributed by atoms with Gasteiger partial charge in [0.05, 0.1) is 14.7 Å². The van der Waals surface area contributed by atoms with Gasteiger partial charge in [-0.05, 0) is 349 Å². The van der Waals surface area contributed by atoms with Gasteiger partial charge in [-0.3, -0.25) is 0 Å². The number of hydrogen-bond donors (Lipinski definition) is 0. The van der Waals surface area contributed by atoms with Gasteiger partial charge in [0, 0.05) is 160 Å². The first-order chi connectivity index (χ1) is 70.2. The molecular weight excluding hydrogens is 1940 g/mol. The van der Waals surface area contributed by atoms with Crippen molar-refractivity contribution >= 4 is 98.3 Å². The van der Waals surface area contributed by atoms with E-state index in [0.717, 1.165) is 167 Å². The molecule has 18 nitrogen and oxygen atoms in total. The van der Waals surface area contributed by atoms with Gasteiger partial charge in [-0.25, -0.2) is 39.0 Å². The van der Waals surface area contributed by atoms with E-state index in [2.05, 4.69) is 425 Å². The minimum absolute atomic E-state index is 0. The van der Waals surface area contributed by atoms with Crippen molar-refractivity contribution in [1.82, 2.24) is 0 Å². The van der Waals surface area contributed by atoms with Crippen LogP contribution in [-0.2, 0) is 69.6 Å². The summed E-state index contributed by atoms with van der Waals surface area (Å²) in [5.41, 5.74) is 35.1. The van der Waals surface area contributed by atoms with E-state index in [9.17, 15) is 38.9 Å². The van der Waals surface area contributed by atoms with E-state index < -0.39 is 30.4 Å². The molecule has 0 heterocycles. The van der Waals surface area contributed by atoms with Crippen molar-refractivity contribution in [3.8, 4) is 0 Å². The van der Waals surface area contributed by atoms with Crippen LogP contribution in [0.2, 0.25) is 0 Å². The quantitative estimate of drug-likeness (QED) is 0.0202. The van der Waals surface area contributed by atoms with E-state index in [0.29, 0.717) is 32.7 Å². The second-order valence-electron chi connectivity index (χ2n) is 37.1. The van der Waals surface area contributed by atoms with Gasteiger partial charge in [-0.1, -0.05) is 180 Å². The predicted molar refractivity (Wildman–Crippen MR) is 603 cm³/mol. The van der Waals surface area contributed by atoms with Crippen LogP contribution >= 0.6 is 0 Å². The minimum atomic E-state index is -4.52. The minimum Gasteiger partial charge on any atom is -0.744 e. The Hall–Kier alpha value is -11.2. The molecular formula is C125H139N9Na3O9S3+3. The molecule has 12 aromatic rings. The van der Waals surface area contributed by atoms with Crippen molar-refractivity contribution < 1.29 is 141 Å². The van der Waals surface area contributed by atoms with Gasteiger partial charge in [0.15, 0.2) is 30.2 Å². The van der Waals surface area contributed by atoms with Crippen molar-refractivity contribution in [3.63, 3.8) is 0 Å². The Kier molecular flexibility index (Phi) is 45.6. The normalized spacial score (nSPS) is 12.4. The average molecular weight is 2080 g/mol. The van der Waals surface area contributed by atoms with E-state index in [-0.39, 0.29) is 103 Å². The van der Waals surface area contributed by atoms with E-state index in [1.807, 2.05) is 32.3 Å². The molecule has 3 aliphatic carbocycles. The monoisotopic (exact) mass is 2070 g/mol. The molecule has 0 spiro atoms. The SMILES string of the molecule is CCN(CC)c1ccc(C(=C2C=CC(=[N+](CC)Cc3cccc(C)c3)C=C2)c2ccc(N(CC)Cc3cccc(S(=O)(=O)[O-])c3)cc2)c(C)c1.CCN(CC)c1ccc(C(=C2C=CC(=[N+](CC)Cc3cccc(C)c3)C=C2)c2ccc(N(CC)Cc3cccc(S(=O)(=O)[O-])c3)cc2)cc1.CCN(Cc1cccc(C)c1)c1ccc(C(=C2C=CC(=[N+](C)C)C=C2)c2ccc(N(CC)Cc3cccc(S(=O)(=O)[O-])c3)cc2)cc1.[Na+].[Na+].[Na+]. The Balaban J connectivity index is 0.000000226. The van der Waals surface area contributed by atoms with Crippen LogP contribution < -0.4 is 118 Å². The molecule has 0 bridgehead atoms. The molecule has 0 aliphatic heterocycles. The van der Waals surface area contributed by atoms with Crippen molar-refractivity contribution in [1.29, 1.82) is 0 Å². The number of hydrogen-bond acceptors (Lipinski definition) is 15. The molecule has 0 saturated carbocycles. The zero-order valence-electron chi connectivity index (χ0n) is 90.3. The Morgan fingerprint density at radius 3 is 0.752 bits per heavy atom. The zero-order valence-corrected chi connectivity index (χ0v) is 98.8. The summed E-state index contributed by atoms with van der Waals surface area (Å²) in [5.74, 6) is 0. The van der Waals surface area contributed by atoms with E-state index >= 15 is 0 Å². The number of anilines is 6. The van der Waals surface area contributed by atoms with E-state index in [4.69, 9.17) is 0 Å². The van der Waals surface area contributed by atoms with Crippen molar-refractivity contribution in [2.24, 2.45) is 0 Å². The molecule has 15 rings (SSSR count). The smallest absolute Gasteiger partial charge is 0.744 e. The standard InChI is InChI=1S/C43H49N3O3S.C42H47N3O3S.C40H43N3O3S.3Na/c1-7-44(8-2)40-25-26-42(33(6)28-40)43(36-17-21-38(22-18-36)45(9-3)30-34-14-11-13-32(5)27-34)37-19-23-39(24-20-37)46(10-4)31-35-15-12-16-41(29-35)50(47,48)49;1-6-43(7-2)38-22-16-35(17-23-38)42(36-18-24-39(25-19-36)44(8-3)30-33-13-10-12-32(5)28-33)37-20-26-40(27-21-37)45(9-4)31-34-14-11-15-41(29-34)49(46,47)48;1-6-42(28-31-11-8-10-30(3)26-31)37-22-16-34(17-23-37)40(33-14-20-36(21-15-33)41(4)5)35-18-24-38(25-19-35)43(7-2)29-32-12-9-13-39(27-32)47(44,45)46;;;/h11-29H,7-10,30-31H2,1-6H3;10-29H,6-9,30-31H2,1-5H3;8-27H,6-7,28-29H2,1-5H3;;;/q;;;3*+1. The molecule has 3 aliphatic rings. The molecule has 0 N–H and O–H groups in total. The van der Waals surface area contributed by atoms with Gasteiger partial charge in [0.25, 0.3) is 0 Å². The van der Waals surface area contributed by atoms with Crippen LogP contribution in [0, 0.1) is 27.7 Å². The molecule has 0 unspecified atom stereocenters. The Morgan fingerprint density at radius 1 is 0.255 bits per heavy atom. The first kappa shape index (κ1) is 120. The maximum Gasteiger partial charge on any atom is 1.00 e. The molecule has 0 fully saturated rings. The molecule has 0 saturated heterocycles. The van der Waals surface area contributed by atoms with Gasteiger partial charge >= 0.3 is 88.7 Å². The van der Waals surface area contributed by atoms with Crippen LogP contribution in [0.1, 0.15) is 158 Å². The fourth-order valence-electron chi connectivity index (χ4n) is 19.0. The van der Waals surface area contributed by atoms with Crippen molar-refractivity contribution in [3.05, 3.63) is 464 Å². The third-order valence-corrected chi connectivity index (χ3v) is 29.5. The van der Waals surface area contributed by atoms with Gasteiger partial charge in [0.1, 0.15) is 57.5 Å². The third-order valence-electron chi connectivity index (χ3n) is 27.0. The first-order valence-corrected chi connectivity index (χ1v) is 55.0. The first-order valence-electron chi connectivity index (χ1n) is 50.8. The second kappa shape index (κ2) is 56.8. The molecule has 24 heteroatoms. The maximum atomic E-state index is 11.6. The molecule has 756 valence electrons. The fourth-order valence-corrected chi connectivity index (χ4v) is 20.7. The van der Waals surface area contributed by atoms with E-state index in [1.165, 1.54) is 115 Å². The molecule has 149 heavy (non-hydrogen) atoms. The number of benzene rings is 12. The molecule has 12 aromatic carbocycles. The number of allylic oxidation sites excluding steroid dienone is 15. The third kappa shape index (κ3) is 32.7. The van der Waals surface area contributed by atoms with Crippen LogP contribution in [0.25, 0.3) is 16.7 Å². The zero-order chi connectivity index (χ0) is 104. The molecule has 0 aromatic heterocycles.